The smallest absolute Gasteiger partial charge is 0.290 e. The van der Waals surface area contributed by atoms with Crippen molar-refractivity contribution in [3.05, 3.63) is 6.33 Å². The van der Waals surface area contributed by atoms with Gasteiger partial charge in [0, 0.05) is 32.6 Å². The second-order valence-corrected chi connectivity index (χ2v) is 5.05. The van der Waals surface area contributed by atoms with Crippen LogP contribution in [0.4, 0.5) is 5.95 Å². The first-order chi connectivity index (χ1) is 10.3. The predicted octanol–water partition coefficient (Wildman–Crippen LogP) is -0.247. The molecule has 1 saturated heterocycles. The number of hydrogen-bond donors (Lipinski definition) is 0. The number of nitrogens with zero attached hydrogens (tertiary/aromatic N) is 8. The van der Waals surface area contributed by atoms with Gasteiger partial charge < -0.3 is 9.80 Å². The maximum Gasteiger partial charge on any atom is 0.290 e. The number of piperazine rings is 1. The lowest BCUT2D eigenvalue weighted by molar-refractivity contribution is -0.131. The molecule has 1 amide bonds. The van der Waals surface area contributed by atoms with Gasteiger partial charge in [0.2, 0.25) is 5.91 Å². The number of amides is 1. The number of carbonyl (C=O) groups excluding carboxylic acids is 1. The van der Waals surface area contributed by atoms with Crippen molar-refractivity contribution in [3.63, 3.8) is 0 Å². The maximum atomic E-state index is 12.0. The Labute approximate surface area is 122 Å². The largest absolute Gasteiger partial charge is 0.339 e. The Morgan fingerprint density at radius 3 is 2.76 bits per heavy atom. The quantitative estimate of drug-likeness (QED) is 0.766. The molecule has 9 heteroatoms. The molecule has 9 nitrogen and oxygen atoms in total. The number of aromatic nitrogens is 6. The van der Waals surface area contributed by atoms with Crippen LogP contribution in [-0.4, -0.2) is 67.0 Å². The van der Waals surface area contributed by atoms with Crippen LogP contribution in [0.2, 0.25) is 0 Å². The number of carbonyl (C=O) groups is 1. The first kappa shape index (κ1) is 13.7. The van der Waals surface area contributed by atoms with Gasteiger partial charge >= 0.3 is 0 Å². The zero-order valence-electron chi connectivity index (χ0n) is 12.0. The van der Waals surface area contributed by atoms with Gasteiger partial charge in [0.25, 0.3) is 11.7 Å². The van der Waals surface area contributed by atoms with Gasteiger partial charge in [-0.1, -0.05) is 13.3 Å². The molecule has 112 valence electrons. The molecule has 0 atom stereocenters. The number of rotatable bonds is 4. The molecule has 0 radical (unpaired) electrons. The number of anilines is 1. The van der Waals surface area contributed by atoms with Crippen LogP contribution in [0.25, 0.3) is 5.78 Å². The highest BCUT2D eigenvalue weighted by Crippen LogP contribution is 2.11. The van der Waals surface area contributed by atoms with Crippen molar-refractivity contribution in [1.29, 1.82) is 0 Å². The Kier molecular flexibility index (Phi) is 3.89. The van der Waals surface area contributed by atoms with Gasteiger partial charge in [0.15, 0.2) is 0 Å². The summed E-state index contributed by atoms with van der Waals surface area (Å²) in [5.74, 6) is 1.17. The minimum atomic E-state index is 0.241. The van der Waals surface area contributed by atoms with E-state index in [0.717, 1.165) is 12.8 Å². The molecule has 2 aromatic rings. The second kappa shape index (κ2) is 5.98. The molecule has 0 saturated carbocycles. The molecule has 0 spiro atoms. The summed E-state index contributed by atoms with van der Waals surface area (Å²) in [7, 11) is 0. The van der Waals surface area contributed by atoms with Crippen LogP contribution in [-0.2, 0) is 4.79 Å². The van der Waals surface area contributed by atoms with E-state index < -0.39 is 0 Å². The lowest BCUT2D eigenvalue weighted by Gasteiger charge is -2.34. The van der Waals surface area contributed by atoms with Crippen LogP contribution in [0, 0.1) is 0 Å². The average Bonchev–Trinajstić information content (AvgIpc) is 3.00. The molecule has 21 heavy (non-hydrogen) atoms. The number of unbranched alkanes of at least 4 members (excludes halogenated alkanes) is 1. The minimum Gasteiger partial charge on any atom is -0.339 e. The highest BCUT2D eigenvalue weighted by atomic mass is 16.2. The highest BCUT2D eigenvalue weighted by molar-refractivity contribution is 5.76. The fourth-order valence-electron chi connectivity index (χ4n) is 2.33. The summed E-state index contributed by atoms with van der Waals surface area (Å²) < 4.78 is 1.50. The van der Waals surface area contributed by atoms with Crippen LogP contribution >= 0.6 is 0 Å². The van der Waals surface area contributed by atoms with E-state index >= 15 is 0 Å². The van der Waals surface area contributed by atoms with Gasteiger partial charge in [-0.15, -0.1) is 25.5 Å². The molecular formula is C12H18N8O. The summed E-state index contributed by atoms with van der Waals surface area (Å²) in [6.07, 6.45) is 4.14. The zero-order chi connectivity index (χ0) is 14.7. The standard InChI is InChI=1S/C12H18N8O/c1-2-3-4-10(21)18-5-7-19(8-6-18)12-16-15-11-14-13-9-20(11)17-12/h9H,2-8H2,1H3. The summed E-state index contributed by atoms with van der Waals surface area (Å²) in [5.41, 5.74) is 0. The highest BCUT2D eigenvalue weighted by Gasteiger charge is 2.22. The van der Waals surface area contributed by atoms with Crippen molar-refractivity contribution in [3.8, 4) is 0 Å². The fraction of sp³-hybridized carbons (Fsp3) is 0.667. The first-order valence-electron chi connectivity index (χ1n) is 7.21. The third-order valence-corrected chi connectivity index (χ3v) is 3.60. The molecule has 0 unspecified atom stereocenters. The van der Waals surface area contributed by atoms with E-state index in [2.05, 4.69) is 32.4 Å². The van der Waals surface area contributed by atoms with Crippen LogP contribution in [0.5, 0.6) is 0 Å². The summed E-state index contributed by atoms with van der Waals surface area (Å²) in [6.45, 7) is 4.93. The van der Waals surface area contributed by atoms with E-state index in [9.17, 15) is 4.79 Å². The van der Waals surface area contributed by atoms with Crippen LogP contribution < -0.4 is 4.90 Å². The van der Waals surface area contributed by atoms with Crippen molar-refractivity contribution < 1.29 is 4.79 Å². The Bertz CT molecular complexity index is 618. The van der Waals surface area contributed by atoms with Crippen molar-refractivity contribution >= 4 is 17.6 Å². The van der Waals surface area contributed by atoms with Crippen LogP contribution in [0.15, 0.2) is 6.33 Å². The van der Waals surface area contributed by atoms with E-state index in [1.165, 1.54) is 10.8 Å². The van der Waals surface area contributed by atoms with E-state index in [-0.39, 0.29) is 5.91 Å². The molecule has 3 rings (SSSR count). The van der Waals surface area contributed by atoms with Crippen LogP contribution in [0.3, 0.4) is 0 Å². The molecule has 1 fully saturated rings. The number of hydrogen-bond acceptors (Lipinski definition) is 7. The molecule has 0 N–H and O–H groups in total. The normalized spacial score (nSPS) is 15.7. The maximum absolute atomic E-state index is 12.0. The molecule has 0 aromatic carbocycles. The lowest BCUT2D eigenvalue weighted by atomic mass is 10.2. The molecule has 3 heterocycles. The van der Waals surface area contributed by atoms with Crippen molar-refractivity contribution in [2.45, 2.75) is 26.2 Å². The SMILES string of the molecule is CCCCC(=O)N1CCN(c2nnc3nncn3n2)CC1. The van der Waals surface area contributed by atoms with Crippen molar-refractivity contribution in [2.75, 3.05) is 31.1 Å². The van der Waals surface area contributed by atoms with Crippen molar-refractivity contribution in [1.82, 2.24) is 34.9 Å². The Balaban J connectivity index is 1.61. The van der Waals surface area contributed by atoms with Crippen LogP contribution in [0.1, 0.15) is 26.2 Å². The summed E-state index contributed by atoms with van der Waals surface area (Å²) in [6, 6.07) is 0. The minimum absolute atomic E-state index is 0.241. The van der Waals surface area contributed by atoms with Gasteiger partial charge in [0.1, 0.15) is 6.33 Å². The van der Waals surface area contributed by atoms with E-state index in [1.807, 2.05) is 9.80 Å². The molecule has 1 aliphatic heterocycles. The van der Waals surface area contributed by atoms with Crippen molar-refractivity contribution in [2.24, 2.45) is 0 Å². The third-order valence-electron chi connectivity index (χ3n) is 3.60. The van der Waals surface area contributed by atoms with Gasteiger partial charge in [-0.3, -0.25) is 4.79 Å². The monoisotopic (exact) mass is 290 g/mol. The summed E-state index contributed by atoms with van der Waals surface area (Å²) >= 11 is 0. The molecular weight excluding hydrogens is 272 g/mol. The Morgan fingerprint density at radius 2 is 2.00 bits per heavy atom. The van der Waals surface area contributed by atoms with Gasteiger partial charge in [-0.25, -0.2) is 0 Å². The Morgan fingerprint density at radius 1 is 1.19 bits per heavy atom. The lowest BCUT2D eigenvalue weighted by Crippen LogP contribution is -2.49. The van der Waals surface area contributed by atoms with Gasteiger partial charge in [0.05, 0.1) is 0 Å². The summed E-state index contributed by atoms with van der Waals surface area (Å²) in [4.78, 5) is 15.9. The molecule has 1 aliphatic rings. The molecule has 2 aromatic heterocycles. The first-order valence-corrected chi connectivity index (χ1v) is 7.21. The second-order valence-electron chi connectivity index (χ2n) is 5.05. The van der Waals surface area contributed by atoms with E-state index in [0.29, 0.717) is 44.3 Å². The van der Waals surface area contributed by atoms with Gasteiger partial charge in [-0.2, -0.15) is 4.52 Å². The topological polar surface area (TPSA) is 92.4 Å². The predicted molar refractivity (Wildman–Crippen MR) is 74.7 cm³/mol. The fourth-order valence-corrected chi connectivity index (χ4v) is 2.33. The number of fused-ring (bicyclic) bond motifs is 1. The zero-order valence-corrected chi connectivity index (χ0v) is 12.0. The molecule has 0 bridgehead atoms. The van der Waals surface area contributed by atoms with E-state index in [1.54, 1.807) is 0 Å². The molecule has 0 aliphatic carbocycles. The van der Waals surface area contributed by atoms with E-state index in [4.69, 9.17) is 0 Å². The third kappa shape index (κ3) is 2.91. The summed E-state index contributed by atoms with van der Waals surface area (Å²) in [5, 5.41) is 19.8. The average molecular weight is 290 g/mol. The Hall–Kier alpha value is -2.32. The van der Waals surface area contributed by atoms with Gasteiger partial charge in [-0.05, 0) is 6.42 Å².